The number of rotatable bonds is 6. The summed E-state index contributed by atoms with van der Waals surface area (Å²) in [5, 5.41) is 4.02. The first kappa shape index (κ1) is 15.4. The number of aryl methyl sites for hydroxylation is 1. The van der Waals surface area contributed by atoms with Crippen LogP contribution in [-0.2, 0) is 6.42 Å². The van der Waals surface area contributed by atoms with Gasteiger partial charge >= 0.3 is 6.08 Å². The minimum Gasteiger partial charge on any atom is -0.411 e. The van der Waals surface area contributed by atoms with Gasteiger partial charge in [-0.3, -0.25) is 0 Å². The molecule has 0 N–H and O–H groups in total. The van der Waals surface area contributed by atoms with Crippen LogP contribution < -0.4 is 4.74 Å². The lowest BCUT2D eigenvalue weighted by Crippen LogP contribution is -1.86. The molecule has 0 aliphatic rings. The van der Waals surface area contributed by atoms with E-state index in [1.807, 2.05) is 48.5 Å². The molecule has 4 rings (SSSR count). The molecule has 0 bridgehead atoms. The highest BCUT2D eigenvalue weighted by atomic mass is 16.6. The Morgan fingerprint density at radius 3 is 2.64 bits per heavy atom. The minimum atomic E-state index is 0.218. The van der Waals surface area contributed by atoms with Gasteiger partial charge in [0, 0.05) is 12.0 Å². The van der Waals surface area contributed by atoms with Gasteiger partial charge in [-0.1, -0.05) is 30.6 Å². The quantitative estimate of drug-likeness (QED) is 0.493. The average Bonchev–Trinajstić information content (AvgIpc) is 3.27. The molecule has 0 saturated heterocycles. The van der Waals surface area contributed by atoms with Crippen molar-refractivity contribution in [3.8, 4) is 23.2 Å². The molecule has 25 heavy (non-hydrogen) atoms. The van der Waals surface area contributed by atoms with Gasteiger partial charge < -0.3 is 13.7 Å². The second-order valence-electron chi connectivity index (χ2n) is 5.69. The zero-order valence-electron chi connectivity index (χ0n) is 13.8. The maximum atomic E-state index is 5.67. The van der Waals surface area contributed by atoms with Crippen LogP contribution in [0.15, 0.2) is 57.5 Å². The maximum Gasteiger partial charge on any atom is 0.400 e. The van der Waals surface area contributed by atoms with Crippen LogP contribution in [0, 0.1) is 0 Å². The summed E-state index contributed by atoms with van der Waals surface area (Å²) in [5.41, 5.74) is 2.33. The molecule has 0 amide bonds. The normalized spacial score (nSPS) is 11.1. The molecular weight excluding hydrogens is 318 g/mol. The summed E-state index contributed by atoms with van der Waals surface area (Å²) in [7, 11) is 0. The fraction of sp³-hybridized carbons (Fsp3) is 0.211. The first-order valence-electron chi connectivity index (χ1n) is 8.28. The van der Waals surface area contributed by atoms with Gasteiger partial charge in [0.05, 0.1) is 0 Å². The van der Waals surface area contributed by atoms with Gasteiger partial charge in [-0.05, 0) is 42.8 Å². The van der Waals surface area contributed by atoms with Gasteiger partial charge in [-0.2, -0.15) is 9.97 Å². The van der Waals surface area contributed by atoms with Crippen LogP contribution in [0.25, 0.3) is 22.5 Å². The number of benzene rings is 2. The highest BCUT2D eigenvalue weighted by molar-refractivity contribution is 5.72. The number of aromatic nitrogens is 3. The van der Waals surface area contributed by atoms with Crippen molar-refractivity contribution in [1.29, 1.82) is 0 Å². The van der Waals surface area contributed by atoms with Crippen molar-refractivity contribution in [3.63, 3.8) is 0 Å². The third-order valence-electron chi connectivity index (χ3n) is 3.80. The van der Waals surface area contributed by atoms with Crippen LogP contribution in [0.5, 0.6) is 11.8 Å². The summed E-state index contributed by atoms with van der Waals surface area (Å²) >= 11 is 0. The van der Waals surface area contributed by atoms with E-state index in [9.17, 15) is 0 Å². The van der Waals surface area contributed by atoms with Crippen LogP contribution >= 0.6 is 0 Å². The van der Waals surface area contributed by atoms with Crippen molar-refractivity contribution in [3.05, 3.63) is 54.4 Å². The lowest BCUT2D eigenvalue weighted by atomic mass is 10.2. The van der Waals surface area contributed by atoms with Crippen molar-refractivity contribution < 1.29 is 13.7 Å². The van der Waals surface area contributed by atoms with Gasteiger partial charge in [-0.25, -0.2) is 0 Å². The summed E-state index contributed by atoms with van der Waals surface area (Å²) in [5.74, 6) is 1.88. The number of fused-ring (bicyclic) bond motifs is 1. The fourth-order valence-electron chi connectivity index (χ4n) is 2.47. The molecule has 4 aromatic rings. The number of ether oxygens (including phenoxy) is 1. The zero-order valence-corrected chi connectivity index (χ0v) is 13.8. The van der Waals surface area contributed by atoms with E-state index in [2.05, 4.69) is 22.0 Å². The van der Waals surface area contributed by atoms with Crippen molar-refractivity contribution in [2.24, 2.45) is 0 Å². The van der Waals surface area contributed by atoms with E-state index in [1.54, 1.807) is 0 Å². The predicted octanol–water partition coefficient (Wildman–Crippen LogP) is 5.01. The molecule has 6 nitrogen and oxygen atoms in total. The van der Waals surface area contributed by atoms with Crippen LogP contribution in [0.2, 0.25) is 0 Å². The second kappa shape index (κ2) is 6.76. The Morgan fingerprint density at radius 2 is 1.84 bits per heavy atom. The Bertz CT molecular complexity index is 940. The topological polar surface area (TPSA) is 74.2 Å². The largest absolute Gasteiger partial charge is 0.411 e. The van der Waals surface area contributed by atoms with Crippen molar-refractivity contribution >= 4 is 11.1 Å². The van der Waals surface area contributed by atoms with E-state index < -0.39 is 0 Å². The predicted molar refractivity (Wildman–Crippen MR) is 92.4 cm³/mol. The zero-order chi connectivity index (χ0) is 17.1. The Balaban J connectivity index is 1.48. The SMILES string of the molecule is CCCCc1nc(-c2ccc(Oc3nc4ccccc4o3)cc2)no1. The van der Waals surface area contributed by atoms with Gasteiger partial charge in [0.2, 0.25) is 11.7 Å². The van der Waals surface area contributed by atoms with E-state index in [0.717, 1.165) is 30.3 Å². The van der Waals surface area contributed by atoms with Gasteiger partial charge in [-0.15, -0.1) is 0 Å². The molecule has 0 aliphatic carbocycles. The molecule has 0 atom stereocenters. The molecule has 0 spiro atoms. The van der Waals surface area contributed by atoms with Crippen LogP contribution in [0.1, 0.15) is 25.7 Å². The highest BCUT2D eigenvalue weighted by Gasteiger charge is 2.10. The summed E-state index contributed by atoms with van der Waals surface area (Å²) in [6.45, 7) is 2.13. The van der Waals surface area contributed by atoms with E-state index in [-0.39, 0.29) is 6.08 Å². The molecule has 0 aliphatic heterocycles. The summed E-state index contributed by atoms with van der Waals surface area (Å²) < 4.78 is 16.5. The fourth-order valence-corrected chi connectivity index (χ4v) is 2.47. The molecule has 0 fully saturated rings. The van der Waals surface area contributed by atoms with E-state index in [0.29, 0.717) is 23.0 Å². The Hall–Kier alpha value is -3.15. The van der Waals surface area contributed by atoms with Crippen LogP contribution in [-0.4, -0.2) is 15.1 Å². The molecule has 2 aromatic carbocycles. The lowest BCUT2D eigenvalue weighted by Gasteiger charge is -2.00. The van der Waals surface area contributed by atoms with E-state index in [4.69, 9.17) is 13.7 Å². The number of oxazole rings is 1. The number of hydrogen-bond acceptors (Lipinski definition) is 6. The van der Waals surface area contributed by atoms with Gasteiger partial charge in [0.1, 0.15) is 11.3 Å². The third kappa shape index (κ3) is 3.38. The first-order chi connectivity index (χ1) is 12.3. The smallest absolute Gasteiger partial charge is 0.400 e. The second-order valence-corrected chi connectivity index (χ2v) is 5.69. The number of unbranched alkanes of at least 4 members (excludes halogenated alkanes) is 1. The maximum absolute atomic E-state index is 5.67. The molecule has 2 heterocycles. The molecule has 0 unspecified atom stereocenters. The van der Waals surface area contributed by atoms with E-state index in [1.165, 1.54) is 0 Å². The molecule has 0 radical (unpaired) electrons. The molecule has 0 saturated carbocycles. The molecule has 2 aromatic heterocycles. The first-order valence-corrected chi connectivity index (χ1v) is 8.28. The van der Waals surface area contributed by atoms with Crippen LogP contribution in [0.3, 0.4) is 0 Å². The number of nitrogens with zero attached hydrogens (tertiary/aromatic N) is 3. The van der Waals surface area contributed by atoms with Crippen molar-refractivity contribution in [2.45, 2.75) is 26.2 Å². The molecule has 6 heteroatoms. The van der Waals surface area contributed by atoms with E-state index >= 15 is 0 Å². The monoisotopic (exact) mass is 335 g/mol. The lowest BCUT2D eigenvalue weighted by molar-refractivity contribution is 0.343. The standard InChI is InChI=1S/C19H17N3O3/c1-2-3-8-17-21-18(22-25-17)13-9-11-14(12-10-13)23-19-20-15-6-4-5-7-16(15)24-19/h4-7,9-12H,2-3,8H2,1H3. The molecule has 126 valence electrons. The van der Waals surface area contributed by atoms with Crippen LogP contribution in [0.4, 0.5) is 0 Å². The van der Waals surface area contributed by atoms with Crippen molar-refractivity contribution in [2.75, 3.05) is 0 Å². The minimum absolute atomic E-state index is 0.218. The number of hydrogen-bond donors (Lipinski definition) is 0. The Labute approximate surface area is 144 Å². The Morgan fingerprint density at radius 1 is 1.00 bits per heavy atom. The van der Waals surface area contributed by atoms with Gasteiger partial charge in [0.15, 0.2) is 5.58 Å². The third-order valence-corrected chi connectivity index (χ3v) is 3.80. The average molecular weight is 335 g/mol. The summed E-state index contributed by atoms with van der Waals surface area (Å²) in [6, 6.07) is 14.9. The summed E-state index contributed by atoms with van der Waals surface area (Å²) in [6.07, 6.45) is 3.16. The highest BCUT2D eigenvalue weighted by Crippen LogP contribution is 2.27. The number of para-hydroxylation sites is 2. The molecular formula is C19H17N3O3. The van der Waals surface area contributed by atoms with Gasteiger partial charge in [0.25, 0.3) is 0 Å². The summed E-state index contributed by atoms with van der Waals surface area (Å²) in [4.78, 5) is 8.70. The Kier molecular flexibility index (Phi) is 4.16. The van der Waals surface area contributed by atoms with Crippen molar-refractivity contribution in [1.82, 2.24) is 15.1 Å².